The summed E-state index contributed by atoms with van der Waals surface area (Å²) in [7, 11) is 0. The maximum atomic E-state index is 4.61. The molecule has 3 rings (SSSR count). The number of unbranched alkanes of at least 4 members (excludes halogenated alkanes) is 2. The summed E-state index contributed by atoms with van der Waals surface area (Å²) in [5, 5.41) is 0. The molecule has 1 aromatic heterocycles. The molecule has 1 spiro atoms. The van der Waals surface area contributed by atoms with E-state index in [-0.39, 0.29) is 0 Å². The summed E-state index contributed by atoms with van der Waals surface area (Å²) in [6, 6.07) is 6.35. The molecule has 0 atom stereocenters. The normalized spacial score (nSPS) is 20.9. The first kappa shape index (κ1) is 12.9. The Labute approximate surface area is 117 Å². The van der Waals surface area contributed by atoms with Crippen LogP contribution in [0.25, 0.3) is 5.57 Å². The third kappa shape index (κ3) is 2.61. The summed E-state index contributed by atoms with van der Waals surface area (Å²) in [5.41, 5.74) is 5.22. The molecule has 0 aromatic carbocycles. The van der Waals surface area contributed by atoms with Gasteiger partial charge in [0.15, 0.2) is 0 Å². The van der Waals surface area contributed by atoms with Gasteiger partial charge in [-0.3, -0.25) is 4.98 Å². The molecule has 0 bridgehead atoms. The highest BCUT2D eigenvalue weighted by molar-refractivity contribution is 5.69. The van der Waals surface area contributed by atoms with E-state index in [2.05, 4.69) is 24.0 Å². The summed E-state index contributed by atoms with van der Waals surface area (Å²) in [5.74, 6) is 0. The van der Waals surface area contributed by atoms with Gasteiger partial charge >= 0.3 is 0 Å². The number of hydrogen-bond acceptors (Lipinski definition) is 1. The minimum absolute atomic E-state index is 0.647. The summed E-state index contributed by atoms with van der Waals surface area (Å²) in [6.45, 7) is 2.29. The summed E-state index contributed by atoms with van der Waals surface area (Å²) < 4.78 is 0. The van der Waals surface area contributed by atoms with Gasteiger partial charge in [0, 0.05) is 6.20 Å². The zero-order valence-electron chi connectivity index (χ0n) is 12.1. The van der Waals surface area contributed by atoms with Crippen LogP contribution in [0.5, 0.6) is 0 Å². The second kappa shape index (κ2) is 5.48. The quantitative estimate of drug-likeness (QED) is 0.644. The number of hydrogen-bond donors (Lipinski definition) is 0. The minimum atomic E-state index is 0.647. The van der Waals surface area contributed by atoms with E-state index in [0.717, 1.165) is 0 Å². The van der Waals surface area contributed by atoms with Crippen molar-refractivity contribution in [3.8, 4) is 0 Å². The molecule has 1 fully saturated rings. The second-order valence-corrected chi connectivity index (χ2v) is 6.46. The standard InChI is InChI=1S/C18H25N/c1-2-3-4-8-15-13-18(10-7-11-18)14-16(15)17-9-5-6-12-19-17/h5-6,9,12H,2-4,7-8,10-11,13-14H2,1H3. The molecule has 102 valence electrons. The fourth-order valence-corrected chi connectivity index (χ4v) is 3.79. The Morgan fingerprint density at radius 3 is 2.68 bits per heavy atom. The van der Waals surface area contributed by atoms with Crippen molar-refractivity contribution in [2.45, 2.75) is 64.7 Å². The first-order valence-corrected chi connectivity index (χ1v) is 7.95. The molecular formula is C18H25N. The van der Waals surface area contributed by atoms with Crippen LogP contribution in [-0.2, 0) is 0 Å². The Bertz CT molecular complexity index is 454. The van der Waals surface area contributed by atoms with Crippen molar-refractivity contribution in [3.63, 3.8) is 0 Å². The monoisotopic (exact) mass is 255 g/mol. The van der Waals surface area contributed by atoms with E-state index in [1.165, 1.54) is 63.5 Å². The molecule has 1 saturated carbocycles. The smallest absolute Gasteiger partial charge is 0.0661 e. The first-order chi connectivity index (χ1) is 9.33. The fourth-order valence-electron chi connectivity index (χ4n) is 3.79. The van der Waals surface area contributed by atoms with E-state index in [0.29, 0.717) is 5.41 Å². The summed E-state index contributed by atoms with van der Waals surface area (Å²) in [6.07, 6.45) is 14.3. The van der Waals surface area contributed by atoms with E-state index >= 15 is 0 Å². The lowest BCUT2D eigenvalue weighted by molar-refractivity contribution is 0.151. The lowest BCUT2D eigenvalue weighted by atomic mass is 9.66. The van der Waals surface area contributed by atoms with Crippen molar-refractivity contribution in [3.05, 3.63) is 35.7 Å². The topological polar surface area (TPSA) is 12.9 Å². The maximum absolute atomic E-state index is 4.61. The Morgan fingerprint density at radius 1 is 1.16 bits per heavy atom. The van der Waals surface area contributed by atoms with Crippen molar-refractivity contribution in [1.29, 1.82) is 0 Å². The first-order valence-electron chi connectivity index (χ1n) is 7.95. The fraction of sp³-hybridized carbons (Fsp3) is 0.611. The van der Waals surface area contributed by atoms with E-state index < -0.39 is 0 Å². The average molecular weight is 255 g/mol. The molecule has 2 aliphatic rings. The lowest BCUT2D eigenvalue weighted by Gasteiger charge is -2.39. The van der Waals surface area contributed by atoms with Gasteiger partial charge in [-0.1, -0.05) is 37.8 Å². The van der Waals surface area contributed by atoms with Gasteiger partial charge in [0.1, 0.15) is 0 Å². The van der Waals surface area contributed by atoms with Crippen LogP contribution in [0.4, 0.5) is 0 Å². The molecule has 19 heavy (non-hydrogen) atoms. The van der Waals surface area contributed by atoms with Crippen LogP contribution in [0.3, 0.4) is 0 Å². The van der Waals surface area contributed by atoms with Gasteiger partial charge in [0.05, 0.1) is 5.69 Å². The molecule has 1 heteroatoms. The molecule has 1 heterocycles. The van der Waals surface area contributed by atoms with Crippen LogP contribution in [0.15, 0.2) is 30.0 Å². The molecule has 0 unspecified atom stereocenters. The number of aromatic nitrogens is 1. The van der Waals surface area contributed by atoms with Crippen LogP contribution < -0.4 is 0 Å². The molecule has 2 aliphatic carbocycles. The third-order valence-electron chi connectivity index (χ3n) is 5.04. The van der Waals surface area contributed by atoms with Crippen molar-refractivity contribution in [2.24, 2.45) is 5.41 Å². The number of pyridine rings is 1. The van der Waals surface area contributed by atoms with E-state index in [9.17, 15) is 0 Å². The SMILES string of the molecule is CCCCCC1=C(c2ccccn2)CC2(CCC2)C1. The Hall–Kier alpha value is -1.11. The van der Waals surface area contributed by atoms with Crippen LogP contribution in [0.2, 0.25) is 0 Å². The Morgan fingerprint density at radius 2 is 2.05 bits per heavy atom. The maximum Gasteiger partial charge on any atom is 0.0661 e. The van der Waals surface area contributed by atoms with Gasteiger partial charge in [-0.05, 0) is 61.6 Å². The summed E-state index contributed by atoms with van der Waals surface area (Å²) >= 11 is 0. The van der Waals surface area contributed by atoms with Gasteiger partial charge in [-0.25, -0.2) is 0 Å². The van der Waals surface area contributed by atoms with Crippen molar-refractivity contribution < 1.29 is 0 Å². The predicted octanol–water partition coefficient (Wildman–Crippen LogP) is 5.38. The predicted molar refractivity (Wildman–Crippen MR) is 80.8 cm³/mol. The van der Waals surface area contributed by atoms with Crippen molar-refractivity contribution in [2.75, 3.05) is 0 Å². The van der Waals surface area contributed by atoms with E-state index in [1.807, 2.05) is 12.3 Å². The molecule has 0 radical (unpaired) electrons. The van der Waals surface area contributed by atoms with Crippen LogP contribution in [-0.4, -0.2) is 4.98 Å². The molecule has 0 N–H and O–H groups in total. The van der Waals surface area contributed by atoms with Crippen molar-refractivity contribution >= 4 is 5.57 Å². The largest absolute Gasteiger partial charge is 0.257 e. The molecular weight excluding hydrogens is 230 g/mol. The molecule has 0 amide bonds. The second-order valence-electron chi connectivity index (χ2n) is 6.46. The third-order valence-corrected chi connectivity index (χ3v) is 5.04. The van der Waals surface area contributed by atoms with Gasteiger partial charge in [0.25, 0.3) is 0 Å². The van der Waals surface area contributed by atoms with Gasteiger partial charge in [0.2, 0.25) is 0 Å². The number of nitrogens with zero attached hydrogens (tertiary/aromatic N) is 1. The Kier molecular flexibility index (Phi) is 3.72. The Balaban J connectivity index is 1.80. The molecule has 1 aromatic rings. The molecule has 0 saturated heterocycles. The average Bonchev–Trinajstić information content (AvgIpc) is 2.80. The van der Waals surface area contributed by atoms with Crippen LogP contribution in [0, 0.1) is 5.41 Å². The highest BCUT2D eigenvalue weighted by Gasteiger charge is 2.43. The van der Waals surface area contributed by atoms with Gasteiger partial charge in [-0.2, -0.15) is 0 Å². The number of rotatable bonds is 5. The highest BCUT2D eigenvalue weighted by Crippen LogP contribution is 2.57. The van der Waals surface area contributed by atoms with Crippen molar-refractivity contribution in [1.82, 2.24) is 4.98 Å². The zero-order valence-corrected chi connectivity index (χ0v) is 12.1. The minimum Gasteiger partial charge on any atom is -0.257 e. The van der Waals surface area contributed by atoms with Crippen LogP contribution in [0.1, 0.15) is 70.4 Å². The van der Waals surface area contributed by atoms with E-state index in [1.54, 1.807) is 11.1 Å². The molecule has 0 aliphatic heterocycles. The van der Waals surface area contributed by atoms with E-state index in [4.69, 9.17) is 0 Å². The summed E-state index contributed by atoms with van der Waals surface area (Å²) in [4.78, 5) is 4.61. The van der Waals surface area contributed by atoms with Crippen LogP contribution >= 0.6 is 0 Å². The highest BCUT2D eigenvalue weighted by atomic mass is 14.7. The number of allylic oxidation sites excluding steroid dienone is 2. The molecule has 1 nitrogen and oxygen atoms in total. The lowest BCUT2D eigenvalue weighted by Crippen LogP contribution is -2.26. The van der Waals surface area contributed by atoms with Gasteiger partial charge in [-0.15, -0.1) is 0 Å². The van der Waals surface area contributed by atoms with Gasteiger partial charge < -0.3 is 0 Å². The zero-order chi connectivity index (χ0) is 13.1.